The summed E-state index contributed by atoms with van der Waals surface area (Å²) in [6.45, 7) is 1.56. The molecule has 0 heterocycles. The minimum absolute atomic E-state index is 0.121. The molecule has 0 atom stereocenters. The molecule has 1 aromatic carbocycles. The molecule has 0 bridgehead atoms. The zero-order valence-corrected chi connectivity index (χ0v) is 8.73. The van der Waals surface area contributed by atoms with Crippen molar-refractivity contribution in [3.63, 3.8) is 0 Å². The first kappa shape index (κ1) is 12.4. The molecule has 0 saturated heterocycles. The number of nitrogens with zero attached hydrogens (tertiary/aromatic N) is 1. The molecule has 3 nitrogen and oxygen atoms in total. The summed E-state index contributed by atoms with van der Waals surface area (Å²) in [4.78, 5) is 21.5. The first-order valence-corrected chi connectivity index (χ1v) is 4.25. The van der Waals surface area contributed by atoms with Crippen molar-refractivity contribution in [1.29, 1.82) is 0 Å². The smallest absolute Gasteiger partial charge is 0.209 e. The third-order valence-corrected chi connectivity index (χ3v) is 1.39. The Morgan fingerprint density at radius 2 is 1.64 bits per heavy atom. The van der Waals surface area contributed by atoms with Gasteiger partial charge in [-0.25, -0.2) is 0 Å². The van der Waals surface area contributed by atoms with Crippen LogP contribution in [0.2, 0.25) is 0 Å². The van der Waals surface area contributed by atoms with E-state index in [9.17, 15) is 9.59 Å². The molecule has 3 heteroatoms. The Bertz CT molecular complexity index is 281. The van der Waals surface area contributed by atoms with E-state index in [1.165, 1.54) is 4.90 Å². The van der Waals surface area contributed by atoms with Crippen molar-refractivity contribution >= 4 is 12.2 Å². The molecule has 1 aromatic rings. The van der Waals surface area contributed by atoms with Crippen LogP contribution in [0.1, 0.15) is 17.3 Å². The van der Waals surface area contributed by atoms with Crippen LogP contribution < -0.4 is 0 Å². The van der Waals surface area contributed by atoms with Crippen LogP contribution in [0, 0.1) is 0 Å². The van der Waals surface area contributed by atoms with Gasteiger partial charge in [-0.3, -0.25) is 9.59 Å². The average molecular weight is 193 g/mol. The highest BCUT2D eigenvalue weighted by Gasteiger charge is 1.92. The molecule has 14 heavy (non-hydrogen) atoms. The van der Waals surface area contributed by atoms with Crippen molar-refractivity contribution in [3.8, 4) is 0 Å². The fourth-order valence-corrected chi connectivity index (χ4v) is 0.673. The summed E-state index contributed by atoms with van der Waals surface area (Å²) in [6.07, 6.45) is 0.750. The molecule has 0 fully saturated rings. The molecule has 0 radical (unpaired) electrons. The first-order chi connectivity index (χ1) is 6.57. The Morgan fingerprint density at radius 3 is 1.86 bits per heavy atom. The number of carbonyl (C=O) groups excluding carboxylic acids is 2. The van der Waals surface area contributed by atoms with E-state index in [2.05, 4.69) is 0 Å². The van der Waals surface area contributed by atoms with Gasteiger partial charge in [0, 0.05) is 19.7 Å². The number of hydrogen-bond donors (Lipinski definition) is 0. The number of rotatable bonds is 2. The van der Waals surface area contributed by atoms with Gasteiger partial charge in [0.25, 0.3) is 0 Å². The largest absolute Gasteiger partial charge is 0.351 e. The minimum atomic E-state index is 0.121. The molecule has 76 valence electrons. The van der Waals surface area contributed by atoms with Crippen LogP contribution in [0.5, 0.6) is 0 Å². The van der Waals surface area contributed by atoms with Gasteiger partial charge in [-0.05, 0) is 6.92 Å². The normalized spacial score (nSPS) is 8.21. The van der Waals surface area contributed by atoms with Crippen LogP contribution in [-0.2, 0) is 4.79 Å². The lowest BCUT2D eigenvalue weighted by atomic mass is 10.2. The molecular formula is C11H15NO2. The number of hydrogen-bond acceptors (Lipinski definition) is 2. The lowest BCUT2D eigenvalue weighted by molar-refractivity contribution is -0.115. The second-order valence-corrected chi connectivity index (χ2v) is 2.99. The summed E-state index contributed by atoms with van der Waals surface area (Å²) in [5, 5.41) is 0. The maximum absolute atomic E-state index is 10.6. The number of benzene rings is 1. The molecule has 0 unspecified atom stereocenters. The van der Waals surface area contributed by atoms with Gasteiger partial charge in [0.15, 0.2) is 5.78 Å². The highest BCUT2D eigenvalue weighted by molar-refractivity contribution is 5.93. The van der Waals surface area contributed by atoms with Crippen molar-refractivity contribution in [2.75, 3.05) is 14.1 Å². The Balaban J connectivity index is 0.000000292. The standard InChI is InChI=1S/C8H8O.C3H7NO/c1-7(9)8-5-3-2-4-6-8;1-4(2)3-5/h2-6H,1H3;3H,1-2H3. The second-order valence-electron chi connectivity index (χ2n) is 2.99. The van der Waals surface area contributed by atoms with Gasteiger partial charge in [-0.15, -0.1) is 0 Å². The minimum Gasteiger partial charge on any atom is -0.351 e. The summed E-state index contributed by atoms with van der Waals surface area (Å²) in [7, 11) is 3.38. The SMILES string of the molecule is CC(=O)c1ccccc1.CN(C)C=O. The zero-order chi connectivity index (χ0) is 11.0. The lowest BCUT2D eigenvalue weighted by Gasteiger charge is -1.93. The quantitative estimate of drug-likeness (QED) is 0.528. The zero-order valence-electron chi connectivity index (χ0n) is 8.73. The Kier molecular flexibility index (Phi) is 6.03. The Morgan fingerprint density at radius 1 is 1.21 bits per heavy atom. The fourth-order valence-electron chi connectivity index (χ4n) is 0.673. The predicted octanol–water partition coefficient (Wildman–Crippen LogP) is 1.59. The van der Waals surface area contributed by atoms with E-state index in [0.29, 0.717) is 0 Å². The number of amides is 1. The third kappa shape index (κ3) is 5.94. The van der Waals surface area contributed by atoms with Crippen molar-refractivity contribution in [2.24, 2.45) is 0 Å². The Labute approximate surface area is 84.3 Å². The molecular weight excluding hydrogens is 178 g/mol. The van der Waals surface area contributed by atoms with Crippen molar-refractivity contribution in [1.82, 2.24) is 4.90 Å². The van der Waals surface area contributed by atoms with Crippen molar-refractivity contribution in [3.05, 3.63) is 35.9 Å². The second kappa shape index (κ2) is 6.83. The van der Waals surface area contributed by atoms with E-state index < -0.39 is 0 Å². The molecule has 1 amide bonds. The van der Waals surface area contributed by atoms with E-state index in [1.807, 2.05) is 30.3 Å². The van der Waals surface area contributed by atoms with E-state index in [0.717, 1.165) is 12.0 Å². The third-order valence-electron chi connectivity index (χ3n) is 1.39. The topological polar surface area (TPSA) is 37.4 Å². The summed E-state index contributed by atoms with van der Waals surface area (Å²) in [6, 6.07) is 9.23. The van der Waals surface area contributed by atoms with E-state index >= 15 is 0 Å². The maximum atomic E-state index is 10.6. The molecule has 0 N–H and O–H groups in total. The monoisotopic (exact) mass is 193 g/mol. The average Bonchev–Trinajstić information content (AvgIpc) is 2.20. The maximum Gasteiger partial charge on any atom is 0.209 e. The van der Waals surface area contributed by atoms with Crippen LogP contribution in [0.3, 0.4) is 0 Å². The molecule has 0 aliphatic heterocycles. The van der Waals surface area contributed by atoms with Gasteiger partial charge in [-0.2, -0.15) is 0 Å². The van der Waals surface area contributed by atoms with Gasteiger partial charge >= 0.3 is 0 Å². The van der Waals surface area contributed by atoms with E-state index in [1.54, 1.807) is 21.0 Å². The molecule has 0 saturated carbocycles. The van der Waals surface area contributed by atoms with Gasteiger partial charge in [0.1, 0.15) is 0 Å². The van der Waals surface area contributed by atoms with Gasteiger partial charge in [0.2, 0.25) is 6.41 Å². The summed E-state index contributed by atoms with van der Waals surface area (Å²) in [5.74, 6) is 0.121. The summed E-state index contributed by atoms with van der Waals surface area (Å²) >= 11 is 0. The summed E-state index contributed by atoms with van der Waals surface area (Å²) < 4.78 is 0. The van der Waals surface area contributed by atoms with Crippen LogP contribution in [0.25, 0.3) is 0 Å². The van der Waals surface area contributed by atoms with Gasteiger partial charge in [-0.1, -0.05) is 30.3 Å². The van der Waals surface area contributed by atoms with E-state index in [-0.39, 0.29) is 5.78 Å². The van der Waals surface area contributed by atoms with Crippen LogP contribution in [0.4, 0.5) is 0 Å². The fraction of sp³-hybridized carbons (Fsp3) is 0.273. The number of carbonyl (C=O) groups is 2. The summed E-state index contributed by atoms with van der Waals surface area (Å²) in [5.41, 5.74) is 0.775. The molecule has 0 aliphatic carbocycles. The van der Waals surface area contributed by atoms with Crippen LogP contribution >= 0.6 is 0 Å². The van der Waals surface area contributed by atoms with Crippen molar-refractivity contribution in [2.45, 2.75) is 6.92 Å². The highest BCUT2D eigenvalue weighted by Crippen LogP contribution is 1.97. The number of ketones is 1. The van der Waals surface area contributed by atoms with Crippen LogP contribution in [-0.4, -0.2) is 31.2 Å². The van der Waals surface area contributed by atoms with E-state index in [4.69, 9.17) is 0 Å². The highest BCUT2D eigenvalue weighted by atomic mass is 16.1. The first-order valence-electron chi connectivity index (χ1n) is 4.25. The van der Waals surface area contributed by atoms with Gasteiger partial charge < -0.3 is 4.90 Å². The Hall–Kier alpha value is -1.64. The molecule has 0 aromatic heterocycles. The molecule has 0 spiro atoms. The number of Topliss-reactive ketones (excluding diaryl/α,β-unsaturated/α-hetero) is 1. The van der Waals surface area contributed by atoms with Crippen LogP contribution in [0.15, 0.2) is 30.3 Å². The van der Waals surface area contributed by atoms with Gasteiger partial charge in [0.05, 0.1) is 0 Å². The lowest BCUT2D eigenvalue weighted by Crippen LogP contribution is -2.06. The molecule has 1 rings (SSSR count). The van der Waals surface area contributed by atoms with Crippen molar-refractivity contribution < 1.29 is 9.59 Å². The predicted molar refractivity (Wildman–Crippen MR) is 56.2 cm³/mol. The molecule has 0 aliphatic rings.